The summed E-state index contributed by atoms with van der Waals surface area (Å²) in [6, 6.07) is 31.4. The number of hydrogen-bond acceptors (Lipinski definition) is 16. The zero-order valence-electron chi connectivity index (χ0n) is 57.4. The van der Waals surface area contributed by atoms with Crippen molar-refractivity contribution >= 4 is 70.8 Å². The fraction of sp³-hybridized carbons (Fsp3) is 0.425. The number of fused-ring (bicyclic) bond motifs is 1. The quantitative estimate of drug-likeness (QED) is 0.0161. The summed E-state index contributed by atoms with van der Waals surface area (Å²) in [7, 11) is 0. The molecule has 2 heterocycles. The molecule has 26 heteroatoms. The summed E-state index contributed by atoms with van der Waals surface area (Å²) in [5.41, 5.74) is 7.41. The maximum absolute atomic E-state index is 15.4. The van der Waals surface area contributed by atoms with E-state index in [1.54, 1.807) is 172 Å². The molecule has 6 aromatic rings. The molecule has 10 N–H and O–H groups in total. The van der Waals surface area contributed by atoms with Crippen molar-refractivity contribution in [3.05, 3.63) is 174 Å². The second-order valence-corrected chi connectivity index (χ2v) is 27.1. The van der Waals surface area contributed by atoms with Crippen LogP contribution >= 0.6 is 0 Å². The van der Waals surface area contributed by atoms with E-state index >= 15 is 14.4 Å². The van der Waals surface area contributed by atoms with Gasteiger partial charge in [0.15, 0.2) is 0 Å². The van der Waals surface area contributed by atoms with Crippen molar-refractivity contribution in [2.24, 2.45) is 5.73 Å². The molecule has 0 aliphatic carbocycles. The number of carbonyl (C=O) groups excluding carboxylic acids is 9. The highest BCUT2D eigenvalue weighted by Gasteiger charge is 2.45. The normalized spacial score (nSPS) is 15.3. The topological polar surface area (TPSA) is 355 Å². The number of unbranched alkanes of at least 4 members (excludes halogenated alkanes) is 1. The molecule has 99 heavy (non-hydrogen) atoms. The predicted molar refractivity (Wildman–Crippen MR) is 368 cm³/mol. The first-order valence-electron chi connectivity index (χ1n) is 32.9. The van der Waals surface area contributed by atoms with Gasteiger partial charge < -0.3 is 76.6 Å². The Morgan fingerprint density at radius 2 is 1.08 bits per heavy atom. The number of amides is 8. The van der Waals surface area contributed by atoms with Gasteiger partial charge in [0.2, 0.25) is 29.5 Å². The number of hydrogen-bond donors (Lipinski definition) is 9. The number of aliphatic carboxylic acids is 1. The summed E-state index contributed by atoms with van der Waals surface area (Å²) < 4.78 is 29.4. The third-order valence-corrected chi connectivity index (χ3v) is 15.4. The van der Waals surface area contributed by atoms with Crippen LogP contribution < -0.4 is 47.7 Å². The lowest BCUT2D eigenvalue weighted by atomic mass is 10.0. The number of likely N-dealkylation sites (tertiary alicyclic amines) is 1. The Kier molecular flexibility index (Phi) is 26.9. The molecule has 8 amide bonds. The van der Waals surface area contributed by atoms with E-state index in [9.17, 15) is 38.7 Å². The van der Waals surface area contributed by atoms with Gasteiger partial charge in [-0.05, 0) is 134 Å². The summed E-state index contributed by atoms with van der Waals surface area (Å²) in [4.78, 5) is 141. The molecular formula is C73H92N10O16. The van der Waals surface area contributed by atoms with Gasteiger partial charge in [-0.3, -0.25) is 28.5 Å². The number of para-hydroxylation sites is 1. The standard InChI is InChI=1S/C73H92N10O16/c1-71(2,3)97-68(92)75-36-22-21-30-55(66(89)90)78-62(85)56(41-50-43-83(70(94)99-73(7,8)9)58-31-20-19-29-53(50)58)79-64(87)60(49-27-17-12-18-28-49)81-63(86)59-42-52(96-67(91)76-37-38-77-69(93)98-72(4,5)6)44-82(59)65(88)57(40-46-23-13-10-14-24-46)80-61(84)54(74)39-47-32-34-51(35-33-47)95-45-48-25-15-11-16-26-48/h10-20,23-29,31-35,43,52,54-57,59-60H,21-22,30,36-42,44-45,74H2,1-9H3,(H,75,92)(H,76,91)(H,77,93)(H,78,85)(H,79,87)(H,80,84)(H,81,86)(H,89,90)/t52-,54+,55+,56-,57+,59?,60+/m1/s1. The number of aromatic nitrogens is 1. The maximum atomic E-state index is 15.4. The Hall–Kier alpha value is -10.5. The van der Waals surface area contributed by atoms with Crippen molar-refractivity contribution in [2.45, 2.75) is 173 Å². The molecule has 0 spiro atoms. The van der Waals surface area contributed by atoms with Crippen molar-refractivity contribution < 1.29 is 76.7 Å². The second kappa shape index (κ2) is 35.1. The molecule has 1 aromatic heterocycles. The van der Waals surface area contributed by atoms with Gasteiger partial charge in [-0.15, -0.1) is 0 Å². The van der Waals surface area contributed by atoms with Gasteiger partial charge in [-0.2, -0.15) is 0 Å². The van der Waals surface area contributed by atoms with Gasteiger partial charge >= 0.3 is 30.3 Å². The Labute approximate surface area is 576 Å². The van der Waals surface area contributed by atoms with E-state index in [4.69, 9.17) is 29.4 Å². The number of carbonyl (C=O) groups is 10. The van der Waals surface area contributed by atoms with Crippen LogP contribution in [0.4, 0.5) is 19.2 Å². The molecule has 1 fully saturated rings. The van der Waals surface area contributed by atoms with Crippen LogP contribution in [0.1, 0.15) is 122 Å². The number of carboxylic acids is 1. The lowest BCUT2D eigenvalue weighted by molar-refractivity contribution is -0.143. The zero-order valence-corrected chi connectivity index (χ0v) is 57.4. The largest absolute Gasteiger partial charge is 0.489 e. The molecule has 7 rings (SSSR count). The molecular weight excluding hydrogens is 1270 g/mol. The number of benzene rings is 5. The van der Waals surface area contributed by atoms with Crippen LogP contribution in [-0.2, 0) is 73.6 Å². The minimum Gasteiger partial charge on any atom is -0.489 e. The first-order chi connectivity index (χ1) is 46.9. The van der Waals surface area contributed by atoms with Crippen LogP contribution in [0.5, 0.6) is 5.75 Å². The number of carboxylic acid groups (broad SMARTS) is 1. The number of nitrogens with two attached hydrogens (primary N) is 1. The maximum Gasteiger partial charge on any atom is 0.419 e. The molecule has 7 atom stereocenters. The Bertz CT molecular complexity index is 3740. The molecule has 1 saturated heterocycles. The first kappa shape index (κ1) is 75.9. The van der Waals surface area contributed by atoms with Crippen molar-refractivity contribution in [1.82, 2.24) is 46.7 Å². The smallest absolute Gasteiger partial charge is 0.419 e. The SMILES string of the molecule is CC(C)(C)OC(=O)NCCCC[C@H](NC(=O)[C@@H](Cc1cn(C(=O)OC(C)(C)C)c2ccccc12)NC(=O)[C@@H](NC(=O)C1C[C@@H](OC(=O)NCCNC(=O)OC(C)(C)C)CN1C(=O)[C@H](Cc1ccccc1)NC(=O)[C@@H](N)Cc1ccc(OCc2ccccc2)cc1)c1ccccc1)C(=O)O. The van der Waals surface area contributed by atoms with Gasteiger partial charge in [0.25, 0.3) is 0 Å². The molecule has 5 aromatic carbocycles. The van der Waals surface area contributed by atoms with Crippen molar-refractivity contribution in [3.8, 4) is 5.75 Å². The van der Waals surface area contributed by atoms with E-state index in [1.165, 1.54) is 10.8 Å². The average molecular weight is 1370 g/mol. The highest BCUT2D eigenvalue weighted by molar-refractivity contribution is 5.98. The van der Waals surface area contributed by atoms with Gasteiger partial charge in [-0.25, -0.2) is 24.0 Å². The Morgan fingerprint density at radius 3 is 1.69 bits per heavy atom. The van der Waals surface area contributed by atoms with Gasteiger partial charge in [0.1, 0.15) is 65.5 Å². The fourth-order valence-electron chi connectivity index (χ4n) is 10.8. The highest BCUT2D eigenvalue weighted by Crippen LogP contribution is 2.28. The molecule has 1 unspecified atom stereocenters. The second-order valence-electron chi connectivity index (χ2n) is 27.1. The lowest BCUT2D eigenvalue weighted by Gasteiger charge is -2.30. The van der Waals surface area contributed by atoms with Gasteiger partial charge in [0.05, 0.1) is 18.1 Å². The molecule has 1 aliphatic rings. The monoisotopic (exact) mass is 1360 g/mol. The van der Waals surface area contributed by atoms with Crippen molar-refractivity contribution in [2.75, 3.05) is 26.2 Å². The summed E-state index contributed by atoms with van der Waals surface area (Å²) in [5, 5.41) is 29.7. The molecule has 1 aliphatic heterocycles. The van der Waals surface area contributed by atoms with Crippen LogP contribution in [0.25, 0.3) is 10.9 Å². The Balaban J connectivity index is 1.17. The summed E-state index contributed by atoms with van der Waals surface area (Å²) in [5.74, 6) is -5.11. The van der Waals surface area contributed by atoms with Crippen LogP contribution in [0.3, 0.4) is 0 Å². The van der Waals surface area contributed by atoms with Crippen molar-refractivity contribution in [3.63, 3.8) is 0 Å². The number of nitrogens with zero attached hydrogens (tertiary/aromatic N) is 2. The Morgan fingerprint density at radius 1 is 0.545 bits per heavy atom. The fourth-order valence-corrected chi connectivity index (χ4v) is 10.8. The molecule has 530 valence electrons. The summed E-state index contributed by atoms with van der Waals surface area (Å²) in [6.45, 7) is 15.2. The van der Waals surface area contributed by atoms with E-state index in [0.29, 0.717) is 46.4 Å². The minimum absolute atomic E-state index is 0.0561. The van der Waals surface area contributed by atoms with E-state index < -0.39 is 126 Å². The molecule has 0 bridgehead atoms. The third kappa shape index (κ3) is 24.5. The van der Waals surface area contributed by atoms with E-state index in [-0.39, 0.29) is 63.7 Å². The van der Waals surface area contributed by atoms with Crippen LogP contribution in [0.15, 0.2) is 146 Å². The third-order valence-electron chi connectivity index (χ3n) is 15.4. The summed E-state index contributed by atoms with van der Waals surface area (Å²) >= 11 is 0. The van der Waals surface area contributed by atoms with Crippen LogP contribution in [0, 0.1) is 0 Å². The molecule has 0 saturated carbocycles. The summed E-state index contributed by atoms with van der Waals surface area (Å²) in [6.07, 6.45) is -3.08. The van der Waals surface area contributed by atoms with E-state index in [2.05, 4.69) is 37.2 Å². The molecule has 26 nitrogen and oxygen atoms in total. The highest BCUT2D eigenvalue weighted by atomic mass is 16.6. The van der Waals surface area contributed by atoms with Gasteiger partial charge in [-0.1, -0.05) is 121 Å². The number of nitrogens with one attached hydrogen (secondary N) is 7. The number of ether oxygens (including phenoxy) is 5. The van der Waals surface area contributed by atoms with Gasteiger partial charge in [0, 0.05) is 50.5 Å². The number of alkyl carbamates (subject to hydrolysis) is 3. The van der Waals surface area contributed by atoms with E-state index in [1.807, 2.05) is 30.3 Å². The zero-order chi connectivity index (χ0) is 72.0. The molecule has 0 radical (unpaired) electrons. The minimum atomic E-state index is -1.65. The van der Waals surface area contributed by atoms with Crippen LogP contribution in [-0.4, -0.2) is 154 Å². The predicted octanol–water partition coefficient (Wildman–Crippen LogP) is 7.67. The number of rotatable bonds is 29. The van der Waals surface area contributed by atoms with Crippen LogP contribution in [0.2, 0.25) is 0 Å². The van der Waals surface area contributed by atoms with Crippen molar-refractivity contribution in [1.29, 1.82) is 0 Å². The van der Waals surface area contributed by atoms with E-state index in [0.717, 1.165) is 10.5 Å². The lowest BCUT2D eigenvalue weighted by Crippen LogP contribution is -2.58. The average Bonchev–Trinajstić information content (AvgIpc) is 1.66. The first-order valence-corrected chi connectivity index (χ1v) is 32.9.